The van der Waals surface area contributed by atoms with Crippen molar-refractivity contribution in [2.75, 3.05) is 0 Å². The maximum absolute atomic E-state index is 13.2. The van der Waals surface area contributed by atoms with Crippen molar-refractivity contribution in [1.82, 2.24) is 4.98 Å². The van der Waals surface area contributed by atoms with E-state index in [9.17, 15) is 4.39 Å². The van der Waals surface area contributed by atoms with E-state index in [4.69, 9.17) is 11.6 Å². The molecule has 1 aromatic heterocycles. The first-order valence-electron chi connectivity index (χ1n) is 3.30. The first-order chi connectivity index (χ1) is 5.70. The predicted molar refractivity (Wildman–Crippen MR) is 51.0 cm³/mol. The lowest BCUT2D eigenvalue weighted by atomic mass is 10.2. The van der Waals surface area contributed by atoms with E-state index in [0.29, 0.717) is 20.4 Å². The van der Waals surface area contributed by atoms with Crippen LogP contribution in [0.4, 0.5) is 4.39 Å². The van der Waals surface area contributed by atoms with E-state index in [1.807, 2.05) is 0 Å². The van der Waals surface area contributed by atoms with E-state index in [0.717, 1.165) is 0 Å². The predicted octanol–water partition coefficient (Wildman–Crippen LogP) is 3.72. The number of hydrogen-bond acceptors (Lipinski definition) is 0. The Morgan fingerprint density at radius 2 is 2.17 bits per heavy atom. The van der Waals surface area contributed by atoms with E-state index in [2.05, 4.69) is 20.9 Å². The molecule has 0 amide bonds. The van der Waals surface area contributed by atoms with E-state index in [1.54, 1.807) is 6.20 Å². The van der Waals surface area contributed by atoms with Crippen molar-refractivity contribution in [2.24, 2.45) is 0 Å². The van der Waals surface area contributed by atoms with Crippen LogP contribution in [0, 0.1) is 5.82 Å². The van der Waals surface area contributed by atoms with Gasteiger partial charge in [-0.2, -0.15) is 0 Å². The van der Waals surface area contributed by atoms with E-state index >= 15 is 0 Å². The number of fused-ring (bicyclic) bond motifs is 1. The van der Waals surface area contributed by atoms with Crippen LogP contribution in [0.5, 0.6) is 0 Å². The summed E-state index contributed by atoms with van der Waals surface area (Å²) in [6, 6.07) is 2.88. The van der Waals surface area contributed by atoms with Gasteiger partial charge in [0, 0.05) is 10.7 Å². The molecule has 0 saturated heterocycles. The van der Waals surface area contributed by atoms with Crippen LogP contribution in [-0.4, -0.2) is 4.98 Å². The van der Waals surface area contributed by atoms with Crippen molar-refractivity contribution in [3.63, 3.8) is 0 Å². The van der Waals surface area contributed by atoms with Crippen LogP contribution in [0.3, 0.4) is 0 Å². The lowest BCUT2D eigenvalue weighted by Crippen LogP contribution is -1.76. The molecule has 2 rings (SSSR count). The molecule has 0 atom stereocenters. The fourth-order valence-electron chi connectivity index (χ4n) is 1.13. The molecule has 2 aromatic rings. The van der Waals surface area contributed by atoms with Crippen molar-refractivity contribution < 1.29 is 4.39 Å². The normalized spacial score (nSPS) is 10.9. The second-order valence-electron chi connectivity index (χ2n) is 2.42. The second-order valence-corrected chi connectivity index (χ2v) is 3.68. The highest BCUT2D eigenvalue weighted by atomic mass is 79.9. The number of halogens is 3. The Hall–Kier alpha value is -0.540. The molecule has 0 fully saturated rings. The maximum Gasteiger partial charge on any atom is 0.133 e. The number of rotatable bonds is 0. The molecule has 62 valence electrons. The molecule has 0 aliphatic heterocycles. The van der Waals surface area contributed by atoms with Gasteiger partial charge in [0.25, 0.3) is 0 Å². The molecule has 4 heteroatoms. The number of aromatic nitrogens is 1. The molecule has 1 N–H and O–H groups in total. The largest absolute Gasteiger partial charge is 0.359 e. The van der Waals surface area contributed by atoms with Crippen LogP contribution >= 0.6 is 27.5 Å². The summed E-state index contributed by atoms with van der Waals surface area (Å²) in [5, 5.41) is 1.03. The highest BCUT2D eigenvalue weighted by Crippen LogP contribution is 2.30. The molecule has 0 aliphatic rings. The smallest absolute Gasteiger partial charge is 0.133 e. The molecule has 1 nitrogen and oxygen atoms in total. The topological polar surface area (TPSA) is 15.8 Å². The highest BCUT2D eigenvalue weighted by molar-refractivity contribution is 9.10. The van der Waals surface area contributed by atoms with Gasteiger partial charge in [0.05, 0.1) is 15.9 Å². The van der Waals surface area contributed by atoms with Crippen molar-refractivity contribution in [3.05, 3.63) is 33.6 Å². The zero-order chi connectivity index (χ0) is 8.72. The van der Waals surface area contributed by atoms with Crippen molar-refractivity contribution >= 4 is 38.4 Å². The maximum atomic E-state index is 13.2. The summed E-state index contributed by atoms with van der Waals surface area (Å²) in [5.74, 6) is -0.275. The summed E-state index contributed by atoms with van der Waals surface area (Å²) in [4.78, 5) is 2.88. The van der Waals surface area contributed by atoms with Gasteiger partial charge in [-0.05, 0) is 28.1 Å². The summed E-state index contributed by atoms with van der Waals surface area (Å²) in [6.45, 7) is 0. The number of benzene rings is 1. The number of H-pyrrole nitrogens is 1. The summed E-state index contributed by atoms with van der Waals surface area (Å²) in [5.41, 5.74) is 0.628. The number of nitrogens with one attached hydrogen (secondary N) is 1. The number of aromatic amines is 1. The van der Waals surface area contributed by atoms with Crippen molar-refractivity contribution in [1.29, 1.82) is 0 Å². The third kappa shape index (κ3) is 1.04. The molecule has 0 aliphatic carbocycles. The average molecular weight is 248 g/mol. The second kappa shape index (κ2) is 2.75. The fourth-order valence-corrected chi connectivity index (χ4v) is 1.85. The third-order valence-electron chi connectivity index (χ3n) is 1.69. The van der Waals surface area contributed by atoms with Gasteiger partial charge in [-0.1, -0.05) is 11.6 Å². The van der Waals surface area contributed by atoms with Crippen LogP contribution in [0.25, 0.3) is 10.9 Å². The van der Waals surface area contributed by atoms with Gasteiger partial charge >= 0.3 is 0 Å². The van der Waals surface area contributed by atoms with Crippen LogP contribution in [0.15, 0.2) is 22.8 Å². The Kier molecular flexibility index (Phi) is 1.85. The number of hydrogen-bond donors (Lipinski definition) is 1. The lowest BCUT2D eigenvalue weighted by molar-refractivity contribution is 0.639. The molecule has 12 heavy (non-hydrogen) atoms. The van der Waals surface area contributed by atoms with Crippen LogP contribution < -0.4 is 0 Å². The highest BCUT2D eigenvalue weighted by Gasteiger charge is 2.08. The first-order valence-corrected chi connectivity index (χ1v) is 4.48. The Morgan fingerprint density at radius 1 is 1.42 bits per heavy atom. The molecule has 0 unspecified atom stereocenters. The molecule has 0 radical (unpaired) electrons. The summed E-state index contributed by atoms with van der Waals surface area (Å²) in [7, 11) is 0. The van der Waals surface area contributed by atoms with Crippen molar-refractivity contribution in [3.8, 4) is 0 Å². The zero-order valence-electron chi connectivity index (χ0n) is 5.87. The van der Waals surface area contributed by atoms with Gasteiger partial charge in [0.2, 0.25) is 0 Å². The van der Waals surface area contributed by atoms with Gasteiger partial charge in [0.15, 0.2) is 0 Å². The van der Waals surface area contributed by atoms with E-state index < -0.39 is 0 Å². The Morgan fingerprint density at radius 3 is 2.83 bits per heavy atom. The standard InChI is InChI=1S/C8H4BrClFN/c9-4-3-12-8-5(10)1-2-6(11)7(4)8/h1-3,12H. The molecule has 0 spiro atoms. The molecular weight excluding hydrogens is 244 g/mol. The first kappa shape index (κ1) is 8.08. The molecule has 1 aromatic carbocycles. The van der Waals surface area contributed by atoms with Crippen LogP contribution in [0.1, 0.15) is 0 Å². The summed E-state index contributed by atoms with van der Waals surface area (Å²) >= 11 is 9.05. The molecular formula is C8H4BrClFN. The molecule has 1 heterocycles. The fraction of sp³-hybridized carbons (Fsp3) is 0. The van der Waals surface area contributed by atoms with Crippen molar-refractivity contribution in [2.45, 2.75) is 0 Å². The third-order valence-corrected chi connectivity index (χ3v) is 2.63. The van der Waals surface area contributed by atoms with Crippen LogP contribution in [-0.2, 0) is 0 Å². The van der Waals surface area contributed by atoms with Gasteiger partial charge in [-0.15, -0.1) is 0 Å². The Balaban J connectivity index is 2.98. The minimum absolute atomic E-state index is 0.275. The van der Waals surface area contributed by atoms with Crippen LogP contribution in [0.2, 0.25) is 5.02 Å². The lowest BCUT2D eigenvalue weighted by Gasteiger charge is -1.95. The Bertz CT molecular complexity index is 438. The van der Waals surface area contributed by atoms with Gasteiger partial charge < -0.3 is 4.98 Å². The SMILES string of the molecule is Fc1ccc(Cl)c2[nH]cc(Br)c12. The zero-order valence-corrected chi connectivity index (χ0v) is 8.21. The molecule has 0 bridgehead atoms. The quantitative estimate of drug-likeness (QED) is 0.731. The van der Waals surface area contributed by atoms with Gasteiger partial charge in [-0.3, -0.25) is 0 Å². The molecule has 0 saturated carbocycles. The van der Waals surface area contributed by atoms with Gasteiger partial charge in [-0.25, -0.2) is 4.39 Å². The van der Waals surface area contributed by atoms with E-state index in [1.165, 1.54) is 12.1 Å². The summed E-state index contributed by atoms with van der Waals surface area (Å²) in [6.07, 6.45) is 1.67. The minimum atomic E-state index is -0.275. The Labute approximate surface area is 81.7 Å². The monoisotopic (exact) mass is 247 g/mol. The summed E-state index contributed by atoms with van der Waals surface area (Å²) < 4.78 is 13.8. The minimum Gasteiger partial charge on any atom is -0.359 e. The van der Waals surface area contributed by atoms with Gasteiger partial charge in [0.1, 0.15) is 5.82 Å². The van der Waals surface area contributed by atoms with E-state index in [-0.39, 0.29) is 5.82 Å². The average Bonchev–Trinajstić information content (AvgIpc) is 2.42.